The number of nitrogens with zero attached hydrogens (tertiary/aromatic N) is 3. The van der Waals surface area contributed by atoms with E-state index in [0.29, 0.717) is 24.8 Å². The molecule has 1 aromatic rings. The Bertz CT molecular complexity index is 1190. The molecule has 4 atom stereocenters. The topological polar surface area (TPSA) is 59.6 Å². The number of nitriles is 1. The van der Waals surface area contributed by atoms with E-state index >= 15 is 0 Å². The fourth-order valence-electron chi connectivity index (χ4n) is 6.73. The van der Waals surface area contributed by atoms with Crippen LogP contribution >= 0.6 is 0 Å². The predicted molar refractivity (Wildman–Crippen MR) is 132 cm³/mol. The maximum absolute atomic E-state index is 13.6. The van der Waals surface area contributed by atoms with E-state index in [1.807, 2.05) is 0 Å². The number of hydrazone groups is 1. The van der Waals surface area contributed by atoms with Crippen LogP contribution in [-0.2, 0) is 6.42 Å². The number of halogens is 1. The second kappa shape index (κ2) is 8.36. The molecule has 5 heteroatoms. The molecule has 1 aliphatic heterocycles. The molecule has 0 bridgehead atoms. The lowest BCUT2D eigenvalue weighted by Gasteiger charge is -2.51. The van der Waals surface area contributed by atoms with Crippen molar-refractivity contribution in [2.45, 2.75) is 69.9 Å². The zero-order chi connectivity index (χ0) is 24.0. The first-order valence-electron chi connectivity index (χ1n) is 12.4. The highest BCUT2D eigenvalue weighted by Gasteiger charge is 2.61. The molecular formula is C29H32FN3O. The molecule has 0 radical (unpaired) electrons. The van der Waals surface area contributed by atoms with Crippen molar-refractivity contribution in [3.8, 4) is 6.07 Å². The van der Waals surface area contributed by atoms with Crippen molar-refractivity contribution in [1.82, 2.24) is 5.01 Å². The van der Waals surface area contributed by atoms with Crippen LogP contribution in [0.5, 0.6) is 0 Å². The minimum absolute atomic E-state index is 0.201. The summed E-state index contributed by atoms with van der Waals surface area (Å²) in [7, 11) is 0. The van der Waals surface area contributed by atoms with Gasteiger partial charge in [-0.3, -0.25) is 5.01 Å². The van der Waals surface area contributed by atoms with E-state index in [2.05, 4.69) is 67.6 Å². The van der Waals surface area contributed by atoms with Gasteiger partial charge in [-0.25, -0.2) is 4.39 Å². The number of fused-ring (bicyclic) bond motifs is 2. The van der Waals surface area contributed by atoms with E-state index < -0.39 is 11.4 Å². The minimum Gasteiger partial charge on any atom is -0.389 e. The molecule has 2 unspecified atom stereocenters. The summed E-state index contributed by atoms with van der Waals surface area (Å²) >= 11 is 0. The molecule has 0 aromatic heterocycles. The summed E-state index contributed by atoms with van der Waals surface area (Å²) in [5.74, 6) is -0.201. The highest BCUT2D eigenvalue weighted by molar-refractivity contribution is 5.68. The minimum atomic E-state index is -0.858. The van der Waals surface area contributed by atoms with Gasteiger partial charge in [0.05, 0.1) is 28.5 Å². The number of rotatable bonds is 5. The van der Waals surface area contributed by atoms with Crippen molar-refractivity contribution < 1.29 is 9.50 Å². The van der Waals surface area contributed by atoms with Crippen molar-refractivity contribution in [3.63, 3.8) is 0 Å². The number of allylic oxidation sites excluding steroid dienone is 5. The van der Waals surface area contributed by atoms with Crippen molar-refractivity contribution in [2.24, 2.45) is 16.4 Å². The SMILES string of the molecule is CC[C@]12CC3C=NN(C4=CCC=CC=C4)C3(C)C=C1CC[C@@]2(O)CCc1ccc(F)cc1C#N. The Morgan fingerprint density at radius 2 is 2.18 bits per heavy atom. The van der Waals surface area contributed by atoms with Gasteiger partial charge in [-0.05, 0) is 75.6 Å². The molecule has 0 amide bonds. The maximum Gasteiger partial charge on any atom is 0.124 e. The average molecular weight is 458 g/mol. The quantitative estimate of drug-likeness (QED) is 0.555. The molecule has 1 N–H and O–H groups in total. The van der Waals surface area contributed by atoms with Crippen LogP contribution in [0.1, 0.15) is 63.5 Å². The van der Waals surface area contributed by atoms with E-state index in [9.17, 15) is 14.8 Å². The molecule has 5 rings (SSSR count). The zero-order valence-electron chi connectivity index (χ0n) is 20.0. The molecule has 0 saturated heterocycles. The molecule has 3 aliphatic carbocycles. The monoisotopic (exact) mass is 457 g/mol. The average Bonchev–Trinajstić information content (AvgIpc) is 3.14. The van der Waals surface area contributed by atoms with E-state index in [-0.39, 0.29) is 16.9 Å². The lowest BCUT2D eigenvalue weighted by Crippen LogP contribution is -2.54. The molecule has 1 heterocycles. The fourth-order valence-corrected chi connectivity index (χ4v) is 6.73. The molecule has 34 heavy (non-hydrogen) atoms. The van der Waals surface area contributed by atoms with Crippen LogP contribution < -0.4 is 0 Å². The molecule has 1 fully saturated rings. The van der Waals surface area contributed by atoms with Gasteiger partial charge in [0, 0.05) is 17.5 Å². The lowest BCUT2D eigenvalue weighted by molar-refractivity contribution is -0.0723. The highest BCUT2D eigenvalue weighted by Crippen LogP contribution is 2.62. The zero-order valence-corrected chi connectivity index (χ0v) is 20.0. The number of hydrogen-bond donors (Lipinski definition) is 1. The third-order valence-corrected chi connectivity index (χ3v) is 8.74. The molecule has 4 aliphatic rings. The third kappa shape index (κ3) is 3.39. The van der Waals surface area contributed by atoms with E-state index in [1.54, 1.807) is 6.07 Å². The van der Waals surface area contributed by atoms with Gasteiger partial charge in [0.25, 0.3) is 0 Å². The van der Waals surface area contributed by atoms with Crippen LogP contribution in [0.25, 0.3) is 0 Å². The van der Waals surface area contributed by atoms with Gasteiger partial charge in [0.15, 0.2) is 0 Å². The normalized spacial score (nSPS) is 33.7. The highest BCUT2D eigenvalue weighted by atomic mass is 19.1. The standard InChI is InChI=1S/C29H32FN3O/c1-3-28-18-24-20-32-33(26-8-6-4-5-7-9-26)27(24,2)17-23(28)13-15-29(28,34)14-12-21-10-11-25(30)16-22(21)19-31/h4-6,8-11,16-17,20,24,34H,3,7,12-15,18H2,1-2H3/t24?,27?,28-,29-/m0/s1. The van der Waals surface area contributed by atoms with Gasteiger partial charge in [0.1, 0.15) is 5.82 Å². The largest absolute Gasteiger partial charge is 0.389 e. The van der Waals surface area contributed by atoms with Crippen LogP contribution in [0.15, 0.2) is 71.0 Å². The van der Waals surface area contributed by atoms with Crippen LogP contribution in [0.3, 0.4) is 0 Å². The Morgan fingerprint density at radius 3 is 2.97 bits per heavy atom. The molecular weight excluding hydrogens is 425 g/mol. The number of benzene rings is 1. The van der Waals surface area contributed by atoms with Crippen LogP contribution in [-0.4, -0.2) is 27.5 Å². The van der Waals surface area contributed by atoms with Crippen molar-refractivity contribution in [1.29, 1.82) is 5.26 Å². The summed E-state index contributed by atoms with van der Waals surface area (Å²) in [6.07, 6.45) is 20.4. The maximum atomic E-state index is 13.6. The van der Waals surface area contributed by atoms with Crippen LogP contribution in [0, 0.1) is 28.5 Å². The second-order valence-corrected chi connectivity index (χ2v) is 10.3. The molecule has 176 valence electrons. The number of aliphatic hydroxyl groups is 1. The first-order valence-corrected chi connectivity index (χ1v) is 12.4. The summed E-state index contributed by atoms with van der Waals surface area (Å²) in [6.45, 7) is 4.44. The molecule has 4 nitrogen and oxygen atoms in total. The smallest absolute Gasteiger partial charge is 0.124 e. The second-order valence-electron chi connectivity index (χ2n) is 10.3. The summed E-state index contributed by atoms with van der Waals surface area (Å²) in [5.41, 5.74) is 2.20. The van der Waals surface area contributed by atoms with Gasteiger partial charge >= 0.3 is 0 Å². The first kappa shape index (κ1) is 22.8. The molecule has 1 aromatic carbocycles. The van der Waals surface area contributed by atoms with Crippen molar-refractivity contribution in [3.05, 3.63) is 82.9 Å². The Labute approximate surface area is 201 Å². The number of aryl methyl sites for hydroxylation is 1. The van der Waals surface area contributed by atoms with E-state index in [1.165, 1.54) is 17.7 Å². The predicted octanol–water partition coefficient (Wildman–Crippen LogP) is 5.96. The van der Waals surface area contributed by atoms with Gasteiger partial charge in [-0.1, -0.05) is 48.9 Å². The van der Waals surface area contributed by atoms with Crippen molar-refractivity contribution >= 4 is 6.21 Å². The Morgan fingerprint density at radius 1 is 1.32 bits per heavy atom. The van der Waals surface area contributed by atoms with Gasteiger partial charge < -0.3 is 5.11 Å². The summed E-state index contributed by atoms with van der Waals surface area (Å²) < 4.78 is 13.6. The van der Waals surface area contributed by atoms with E-state index in [0.717, 1.165) is 36.9 Å². The van der Waals surface area contributed by atoms with Crippen molar-refractivity contribution in [2.75, 3.05) is 0 Å². The Kier molecular flexibility index (Phi) is 5.61. The molecule has 1 saturated carbocycles. The fraction of sp³-hybridized carbons (Fsp3) is 0.448. The third-order valence-electron chi connectivity index (χ3n) is 8.74. The first-order chi connectivity index (χ1) is 16.3. The lowest BCUT2D eigenvalue weighted by atomic mass is 9.57. The summed E-state index contributed by atoms with van der Waals surface area (Å²) in [4.78, 5) is 0. The van der Waals surface area contributed by atoms with Crippen LogP contribution in [0.4, 0.5) is 4.39 Å². The van der Waals surface area contributed by atoms with Gasteiger partial charge in [-0.15, -0.1) is 0 Å². The number of hydrogen-bond acceptors (Lipinski definition) is 4. The summed E-state index contributed by atoms with van der Waals surface area (Å²) in [5, 5.41) is 28.5. The van der Waals surface area contributed by atoms with E-state index in [4.69, 9.17) is 5.10 Å². The van der Waals surface area contributed by atoms with Crippen LogP contribution in [0.2, 0.25) is 0 Å². The summed E-state index contributed by atoms with van der Waals surface area (Å²) in [6, 6.07) is 6.48. The molecule has 0 spiro atoms. The van der Waals surface area contributed by atoms with Gasteiger partial charge in [-0.2, -0.15) is 10.4 Å². The Balaban J connectivity index is 1.45. The Hall–Kier alpha value is -2.97. The van der Waals surface area contributed by atoms with Gasteiger partial charge in [0.2, 0.25) is 0 Å².